The Balaban J connectivity index is 1.71. The van der Waals surface area contributed by atoms with E-state index in [4.69, 9.17) is 10.5 Å². The number of hydrogen-bond acceptors (Lipinski definition) is 3. The van der Waals surface area contributed by atoms with Gasteiger partial charge in [0.25, 0.3) is 0 Å². The van der Waals surface area contributed by atoms with E-state index in [9.17, 15) is 9.90 Å². The Morgan fingerprint density at radius 2 is 1.77 bits per heavy atom. The van der Waals surface area contributed by atoms with Crippen molar-refractivity contribution in [2.75, 3.05) is 0 Å². The Morgan fingerprint density at radius 1 is 1.14 bits per heavy atom. The van der Waals surface area contributed by atoms with Crippen LogP contribution < -0.4 is 10.5 Å². The number of benzene rings is 2. The van der Waals surface area contributed by atoms with Crippen LogP contribution in [0.4, 0.5) is 0 Å². The number of carboxylic acids is 1. The minimum atomic E-state index is -1.28. The van der Waals surface area contributed by atoms with Crippen LogP contribution in [0.3, 0.4) is 0 Å². The van der Waals surface area contributed by atoms with Crippen molar-refractivity contribution in [3.63, 3.8) is 0 Å². The molecular formula is C18H19NO3. The van der Waals surface area contributed by atoms with E-state index >= 15 is 0 Å². The summed E-state index contributed by atoms with van der Waals surface area (Å²) in [6, 6.07) is 17.0. The molecule has 0 aromatic heterocycles. The molecule has 0 bridgehead atoms. The second kappa shape index (κ2) is 5.81. The van der Waals surface area contributed by atoms with Crippen molar-refractivity contribution in [1.82, 2.24) is 0 Å². The highest BCUT2D eigenvalue weighted by atomic mass is 16.5. The van der Waals surface area contributed by atoms with Gasteiger partial charge in [-0.3, -0.25) is 0 Å². The van der Waals surface area contributed by atoms with Crippen molar-refractivity contribution >= 4 is 5.97 Å². The smallest absolute Gasteiger partial charge is 0.328 e. The summed E-state index contributed by atoms with van der Waals surface area (Å²) in [6.07, 6.45) is 1.74. The third-order valence-corrected chi connectivity index (χ3v) is 4.16. The molecule has 1 atom stereocenters. The third-order valence-electron chi connectivity index (χ3n) is 4.16. The number of ether oxygens (including phenoxy) is 1. The maximum absolute atomic E-state index is 11.5. The number of carbonyl (C=O) groups is 1. The van der Waals surface area contributed by atoms with E-state index in [1.807, 2.05) is 30.3 Å². The minimum absolute atomic E-state index is 0.0288. The molecule has 4 nitrogen and oxygen atoms in total. The topological polar surface area (TPSA) is 72.6 Å². The van der Waals surface area contributed by atoms with Gasteiger partial charge in [-0.15, -0.1) is 0 Å². The van der Waals surface area contributed by atoms with E-state index in [2.05, 4.69) is 0 Å². The minimum Gasteiger partial charge on any atom is -0.489 e. The van der Waals surface area contributed by atoms with E-state index in [-0.39, 0.29) is 5.92 Å². The first-order chi connectivity index (χ1) is 10.6. The van der Waals surface area contributed by atoms with Gasteiger partial charge in [0.2, 0.25) is 0 Å². The first-order valence-electron chi connectivity index (χ1n) is 7.40. The first kappa shape index (κ1) is 14.6. The molecule has 0 saturated heterocycles. The van der Waals surface area contributed by atoms with E-state index in [0.29, 0.717) is 17.9 Å². The van der Waals surface area contributed by atoms with Crippen LogP contribution in [0.2, 0.25) is 0 Å². The number of nitrogens with two attached hydrogens (primary N) is 1. The second-order valence-corrected chi connectivity index (χ2v) is 5.75. The van der Waals surface area contributed by atoms with Gasteiger partial charge in [-0.2, -0.15) is 0 Å². The maximum Gasteiger partial charge on any atom is 0.328 e. The number of rotatable bonds is 6. The van der Waals surface area contributed by atoms with Gasteiger partial charge in [0, 0.05) is 0 Å². The van der Waals surface area contributed by atoms with E-state index in [1.54, 1.807) is 24.3 Å². The zero-order valence-corrected chi connectivity index (χ0v) is 12.2. The summed E-state index contributed by atoms with van der Waals surface area (Å²) < 4.78 is 5.71. The highest BCUT2D eigenvalue weighted by Gasteiger charge is 2.49. The molecule has 0 amide bonds. The molecule has 2 aromatic carbocycles. The predicted octanol–water partition coefficient (Wildman–Crippen LogP) is 2.91. The maximum atomic E-state index is 11.5. The molecule has 114 valence electrons. The molecular weight excluding hydrogens is 278 g/mol. The average molecular weight is 297 g/mol. The molecule has 4 heteroatoms. The van der Waals surface area contributed by atoms with Crippen molar-refractivity contribution in [2.45, 2.75) is 25.0 Å². The molecule has 1 unspecified atom stereocenters. The predicted molar refractivity (Wildman–Crippen MR) is 83.4 cm³/mol. The van der Waals surface area contributed by atoms with Gasteiger partial charge in [-0.25, -0.2) is 4.79 Å². The number of hydrogen-bond donors (Lipinski definition) is 2. The van der Waals surface area contributed by atoms with E-state index in [1.165, 1.54) is 0 Å². The van der Waals surface area contributed by atoms with Gasteiger partial charge < -0.3 is 15.6 Å². The van der Waals surface area contributed by atoms with Crippen LogP contribution in [0, 0.1) is 5.92 Å². The lowest BCUT2D eigenvalue weighted by Crippen LogP contribution is -2.46. The normalized spacial score (nSPS) is 16.8. The monoisotopic (exact) mass is 297 g/mol. The summed E-state index contributed by atoms with van der Waals surface area (Å²) in [5.74, 6) is -0.231. The summed E-state index contributed by atoms with van der Waals surface area (Å²) >= 11 is 0. The van der Waals surface area contributed by atoms with Crippen molar-refractivity contribution < 1.29 is 14.6 Å². The standard InChI is InChI=1S/C18H19NO3/c19-18(17(20)21,14-6-7-14)15-8-10-16(11-9-15)22-12-13-4-2-1-3-5-13/h1-5,8-11,14H,6-7,12,19H2,(H,20,21). The number of carboxylic acid groups (broad SMARTS) is 1. The van der Waals surface area contributed by atoms with Crippen LogP contribution in [0.15, 0.2) is 54.6 Å². The van der Waals surface area contributed by atoms with Crippen LogP contribution >= 0.6 is 0 Å². The average Bonchev–Trinajstić information content (AvgIpc) is 3.39. The molecule has 0 aliphatic heterocycles. The fraction of sp³-hybridized carbons (Fsp3) is 0.278. The lowest BCUT2D eigenvalue weighted by Gasteiger charge is -2.25. The van der Waals surface area contributed by atoms with Crippen molar-refractivity contribution in [3.8, 4) is 5.75 Å². The Labute approximate surface area is 129 Å². The zero-order chi connectivity index (χ0) is 15.6. The molecule has 1 fully saturated rings. The van der Waals surface area contributed by atoms with E-state index < -0.39 is 11.5 Å². The van der Waals surface area contributed by atoms with Crippen LogP contribution in [0.5, 0.6) is 5.75 Å². The molecule has 0 spiro atoms. The molecule has 3 rings (SSSR count). The highest BCUT2D eigenvalue weighted by Crippen LogP contribution is 2.44. The fourth-order valence-corrected chi connectivity index (χ4v) is 2.64. The molecule has 0 heterocycles. The van der Waals surface area contributed by atoms with Crippen LogP contribution in [0.25, 0.3) is 0 Å². The third kappa shape index (κ3) is 2.83. The van der Waals surface area contributed by atoms with Gasteiger partial charge >= 0.3 is 5.97 Å². The van der Waals surface area contributed by atoms with Crippen molar-refractivity contribution in [1.29, 1.82) is 0 Å². The Kier molecular flexibility index (Phi) is 3.86. The lowest BCUT2D eigenvalue weighted by molar-refractivity contribution is -0.144. The van der Waals surface area contributed by atoms with Crippen molar-refractivity contribution in [2.24, 2.45) is 11.7 Å². The summed E-state index contributed by atoms with van der Waals surface area (Å²) in [6.45, 7) is 0.482. The quantitative estimate of drug-likeness (QED) is 0.860. The van der Waals surface area contributed by atoms with Gasteiger partial charge in [-0.05, 0) is 42.0 Å². The summed E-state index contributed by atoms with van der Waals surface area (Å²) in [5.41, 5.74) is 6.58. The SMILES string of the molecule is NC(C(=O)O)(c1ccc(OCc2ccccc2)cc1)C1CC1. The molecule has 1 aliphatic rings. The Morgan fingerprint density at radius 3 is 2.32 bits per heavy atom. The van der Waals surface area contributed by atoms with Crippen molar-refractivity contribution in [3.05, 3.63) is 65.7 Å². The summed E-state index contributed by atoms with van der Waals surface area (Å²) in [7, 11) is 0. The van der Waals surface area contributed by atoms with Gasteiger partial charge in [0.1, 0.15) is 17.9 Å². The molecule has 1 aliphatic carbocycles. The van der Waals surface area contributed by atoms with Gasteiger partial charge in [0.05, 0.1) is 0 Å². The molecule has 1 saturated carbocycles. The summed E-state index contributed by atoms with van der Waals surface area (Å²) in [5, 5.41) is 9.46. The molecule has 3 N–H and O–H groups in total. The largest absolute Gasteiger partial charge is 0.489 e. The molecule has 0 radical (unpaired) electrons. The Bertz CT molecular complexity index is 650. The second-order valence-electron chi connectivity index (χ2n) is 5.75. The Hall–Kier alpha value is -2.33. The van der Waals surface area contributed by atoms with Gasteiger partial charge in [-0.1, -0.05) is 42.5 Å². The number of aliphatic carboxylic acids is 1. The fourth-order valence-electron chi connectivity index (χ4n) is 2.64. The van der Waals surface area contributed by atoms with Gasteiger partial charge in [0.15, 0.2) is 0 Å². The first-order valence-corrected chi connectivity index (χ1v) is 7.40. The van der Waals surface area contributed by atoms with Crippen LogP contribution in [0.1, 0.15) is 24.0 Å². The van der Waals surface area contributed by atoms with E-state index in [0.717, 1.165) is 18.4 Å². The summed E-state index contributed by atoms with van der Waals surface area (Å²) in [4.78, 5) is 11.5. The van der Waals surface area contributed by atoms with Crippen LogP contribution in [-0.4, -0.2) is 11.1 Å². The highest BCUT2D eigenvalue weighted by molar-refractivity contribution is 5.81. The molecule has 2 aromatic rings. The van der Waals surface area contributed by atoms with Crippen LogP contribution in [-0.2, 0) is 16.9 Å². The lowest BCUT2D eigenvalue weighted by atomic mass is 9.86. The molecule has 22 heavy (non-hydrogen) atoms. The zero-order valence-electron chi connectivity index (χ0n) is 12.2.